The van der Waals surface area contributed by atoms with Crippen LogP contribution in [0, 0.1) is 11.3 Å². The van der Waals surface area contributed by atoms with Crippen LogP contribution >= 0.6 is 0 Å². The number of ether oxygens (including phenoxy) is 2. The minimum absolute atomic E-state index is 0.0250. The topological polar surface area (TPSA) is 88.7 Å². The second kappa shape index (κ2) is 10.2. The number of halogens is 2. The fourth-order valence-electron chi connectivity index (χ4n) is 4.26. The Balaban J connectivity index is 1.81. The number of nitriles is 1. The third kappa shape index (κ3) is 4.80. The van der Waals surface area contributed by atoms with Crippen molar-refractivity contribution >= 4 is 11.6 Å². The predicted octanol–water partition coefficient (Wildman–Crippen LogP) is 5.42. The first-order valence-electron chi connectivity index (χ1n) is 11.4. The SMILES string of the molecule is C=CCC(C#N)(CC=C)c1ccn2c(-c3cc(OC)c(C(=O)NC4CC4)c(OC(F)F)c3)cnc2c1. The maximum atomic E-state index is 13.3. The van der Waals surface area contributed by atoms with E-state index < -0.39 is 17.9 Å². The third-order valence-corrected chi connectivity index (χ3v) is 6.20. The molecule has 7 nitrogen and oxygen atoms in total. The summed E-state index contributed by atoms with van der Waals surface area (Å²) in [5.41, 5.74) is 1.45. The number of benzene rings is 1. The van der Waals surface area contributed by atoms with Gasteiger partial charge in [-0.2, -0.15) is 14.0 Å². The normalized spacial score (nSPS) is 13.3. The Morgan fingerprint density at radius 1 is 1.31 bits per heavy atom. The number of carbonyl (C=O) groups excluding carboxylic acids is 1. The van der Waals surface area contributed by atoms with Crippen molar-refractivity contribution < 1.29 is 23.0 Å². The number of carbonyl (C=O) groups is 1. The first-order chi connectivity index (χ1) is 17.4. The van der Waals surface area contributed by atoms with Crippen LogP contribution in [0.2, 0.25) is 0 Å². The molecular weight excluding hydrogens is 466 g/mol. The molecule has 0 atom stereocenters. The fourth-order valence-corrected chi connectivity index (χ4v) is 4.26. The Bertz CT molecular complexity index is 1350. The van der Waals surface area contributed by atoms with Crippen LogP contribution in [-0.2, 0) is 5.41 Å². The summed E-state index contributed by atoms with van der Waals surface area (Å²) >= 11 is 0. The molecule has 0 aliphatic heterocycles. The molecule has 1 amide bonds. The van der Waals surface area contributed by atoms with Crippen LogP contribution in [0.3, 0.4) is 0 Å². The number of nitrogens with zero attached hydrogens (tertiary/aromatic N) is 3. The Morgan fingerprint density at radius 2 is 2.00 bits per heavy atom. The zero-order valence-corrected chi connectivity index (χ0v) is 19.8. The van der Waals surface area contributed by atoms with Crippen LogP contribution in [0.1, 0.15) is 41.6 Å². The zero-order chi connectivity index (χ0) is 25.9. The molecule has 1 aliphatic rings. The summed E-state index contributed by atoms with van der Waals surface area (Å²) in [6.45, 7) is 4.43. The number of hydrogen-bond donors (Lipinski definition) is 1. The smallest absolute Gasteiger partial charge is 0.387 e. The molecule has 1 aromatic carbocycles. The van der Waals surface area contributed by atoms with Gasteiger partial charge in [-0.25, -0.2) is 4.98 Å². The molecule has 4 rings (SSSR count). The van der Waals surface area contributed by atoms with Gasteiger partial charge in [0, 0.05) is 17.8 Å². The van der Waals surface area contributed by atoms with Crippen LogP contribution in [0.25, 0.3) is 16.9 Å². The predicted molar refractivity (Wildman–Crippen MR) is 131 cm³/mol. The molecule has 1 fully saturated rings. The molecule has 0 bridgehead atoms. The number of methoxy groups -OCH3 is 1. The minimum atomic E-state index is -3.13. The summed E-state index contributed by atoms with van der Waals surface area (Å²) in [4.78, 5) is 17.2. The van der Waals surface area contributed by atoms with E-state index in [0.29, 0.717) is 29.7 Å². The van der Waals surface area contributed by atoms with Gasteiger partial charge in [-0.15, -0.1) is 13.2 Å². The van der Waals surface area contributed by atoms with Gasteiger partial charge in [0.2, 0.25) is 0 Å². The maximum absolute atomic E-state index is 13.3. The highest BCUT2D eigenvalue weighted by atomic mass is 19.3. The number of rotatable bonds is 11. The number of hydrogen-bond acceptors (Lipinski definition) is 5. The lowest BCUT2D eigenvalue weighted by molar-refractivity contribution is -0.0502. The molecule has 1 N–H and O–H groups in total. The molecule has 1 saturated carbocycles. The number of amides is 1. The van der Waals surface area contributed by atoms with Gasteiger partial charge in [0.1, 0.15) is 22.7 Å². The zero-order valence-electron chi connectivity index (χ0n) is 19.8. The molecule has 9 heteroatoms. The summed E-state index contributed by atoms with van der Waals surface area (Å²) < 4.78 is 38.4. The number of allylic oxidation sites excluding steroid dienone is 2. The summed E-state index contributed by atoms with van der Waals surface area (Å²) in [6, 6.07) is 9.01. The average Bonchev–Trinajstić information content (AvgIpc) is 3.57. The number of nitrogens with one attached hydrogen (secondary N) is 1. The summed E-state index contributed by atoms with van der Waals surface area (Å²) in [5.74, 6) is -0.713. The van der Waals surface area contributed by atoms with Gasteiger partial charge in [-0.1, -0.05) is 12.2 Å². The van der Waals surface area contributed by atoms with Gasteiger partial charge in [-0.3, -0.25) is 9.20 Å². The van der Waals surface area contributed by atoms with Crippen molar-refractivity contribution in [3.63, 3.8) is 0 Å². The van der Waals surface area contributed by atoms with Crippen molar-refractivity contribution in [3.8, 4) is 28.8 Å². The highest BCUT2D eigenvalue weighted by molar-refractivity contribution is 6.01. The summed E-state index contributed by atoms with van der Waals surface area (Å²) in [5, 5.41) is 12.7. The van der Waals surface area contributed by atoms with E-state index in [1.165, 1.54) is 13.2 Å². The standard InChI is InChI=1S/C27H26F2N4O3/c1-4-9-27(16-30,10-5-2)18-8-11-33-20(15-31-23(33)14-18)17-12-21(35-3)24(22(13-17)36-26(28)29)25(34)32-19-6-7-19/h4-5,8,11-15,19,26H,1-2,6-7,9-10H2,3H3,(H,32,34). The first kappa shape index (κ1) is 24.9. The summed E-state index contributed by atoms with van der Waals surface area (Å²) in [7, 11) is 1.36. The van der Waals surface area contributed by atoms with E-state index in [9.17, 15) is 18.8 Å². The molecule has 36 heavy (non-hydrogen) atoms. The van der Waals surface area contributed by atoms with Crippen LogP contribution in [-0.4, -0.2) is 35.1 Å². The minimum Gasteiger partial charge on any atom is -0.496 e. The molecule has 186 valence electrons. The van der Waals surface area contributed by atoms with Crippen molar-refractivity contribution in [1.29, 1.82) is 5.26 Å². The molecule has 1 aliphatic carbocycles. The number of pyridine rings is 1. The van der Waals surface area contributed by atoms with Crippen LogP contribution in [0.15, 0.2) is 62.0 Å². The number of alkyl halides is 2. The molecule has 0 unspecified atom stereocenters. The molecular formula is C27H26F2N4O3. The van der Waals surface area contributed by atoms with Gasteiger partial charge in [0.15, 0.2) is 0 Å². The maximum Gasteiger partial charge on any atom is 0.387 e. The number of imidazole rings is 1. The van der Waals surface area contributed by atoms with E-state index in [1.54, 1.807) is 35.0 Å². The molecule has 2 aromatic heterocycles. The van der Waals surface area contributed by atoms with Gasteiger partial charge < -0.3 is 14.8 Å². The van der Waals surface area contributed by atoms with E-state index in [4.69, 9.17) is 9.47 Å². The highest BCUT2D eigenvalue weighted by Crippen LogP contribution is 2.38. The van der Waals surface area contributed by atoms with Crippen molar-refractivity contribution in [2.45, 2.75) is 43.8 Å². The highest BCUT2D eigenvalue weighted by Gasteiger charge is 2.31. The molecule has 0 spiro atoms. The van der Waals surface area contributed by atoms with Crippen molar-refractivity contribution in [2.24, 2.45) is 0 Å². The van der Waals surface area contributed by atoms with Gasteiger partial charge >= 0.3 is 6.61 Å². The van der Waals surface area contributed by atoms with Crippen LogP contribution in [0.4, 0.5) is 8.78 Å². The van der Waals surface area contributed by atoms with Gasteiger partial charge in [0.05, 0.1) is 30.5 Å². The second-order valence-corrected chi connectivity index (χ2v) is 8.64. The van der Waals surface area contributed by atoms with E-state index >= 15 is 0 Å². The van der Waals surface area contributed by atoms with Gasteiger partial charge in [-0.05, 0) is 55.5 Å². The second-order valence-electron chi connectivity index (χ2n) is 8.64. The number of aromatic nitrogens is 2. The van der Waals surface area contributed by atoms with Crippen LogP contribution in [0.5, 0.6) is 11.5 Å². The molecule has 2 heterocycles. The fraction of sp³-hybridized carbons (Fsp3) is 0.296. The van der Waals surface area contributed by atoms with Crippen molar-refractivity contribution in [2.75, 3.05) is 7.11 Å². The van der Waals surface area contributed by atoms with Crippen molar-refractivity contribution in [1.82, 2.24) is 14.7 Å². The molecule has 0 radical (unpaired) electrons. The van der Waals surface area contributed by atoms with E-state index in [0.717, 1.165) is 18.4 Å². The number of fused-ring (bicyclic) bond motifs is 1. The van der Waals surface area contributed by atoms with Crippen LogP contribution < -0.4 is 14.8 Å². The average molecular weight is 493 g/mol. The van der Waals surface area contributed by atoms with Gasteiger partial charge in [0.25, 0.3) is 5.91 Å². The monoisotopic (exact) mass is 492 g/mol. The Labute approximate surface area is 207 Å². The molecule has 0 saturated heterocycles. The van der Waals surface area contributed by atoms with E-state index in [2.05, 4.69) is 29.5 Å². The van der Waals surface area contributed by atoms with Crippen molar-refractivity contribution in [3.05, 3.63) is 73.1 Å². The van der Waals surface area contributed by atoms with E-state index in [-0.39, 0.29) is 23.1 Å². The summed E-state index contributed by atoms with van der Waals surface area (Å²) in [6.07, 6.45) is 9.31. The quantitative estimate of drug-likeness (QED) is 0.361. The largest absolute Gasteiger partial charge is 0.496 e. The third-order valence-electron chi connectivity index (χ3n) is 6.20. The Morgan fingerprint density at radius 3 is 2.58 bits per heavy atom. The Hall–Kier alpha value is -4.19. The molecule has 3 aromatic rings. The first-order valence-corrected chi connectivity index (χ1v) is 11.4. The van der Waals surface area contributed by atoms with E-state index in [1.807, 2.05) is 12.1 Å². The lowest BCUT2D eigenvalue weighted by atomic mass is 9.76. The Kier molecular flexibility index (Phi) is 7.06. The lowest BCUT2D eigenvalue weighted by Gasteiger charge is -2.24. The lowest BCUT2D eigenvalue weighted by Crippen LogP contribution is -2.26.